The van der Waals surface area contributed by atoms with Crippen LogP contribution in [-0.4, -0.2) is 22.7 Å². The van der Waals surface area contributed by atoms with Crippen molar-refractivity contribution in [2.45, 2.75) is 44.9 Å². The van der Waals surface area contributed by atoms with Gasteiger partial charge in [-0.3, -0.25) is 4.79 Å². The molecule has 1 aromatic carbocycles. The number of aromatic nitrogens is 2. The minimum Gasteiger partial charge on any atom is -0.494 e. The fraction of sp³-hybridized carbons (Fsp3) is 0.471. The molecule has 0 atom stereocenters. The average Bonchev–Trinajstić information content (AvgIpc) is 3.32. The third-order valence-corrected chi connectivity index (χ3v) is 4.76. The molecule has 0 unspecified atom stereocenters. The van der Waals surface area contributed by atoms with Crippen molar-refractivity contribution in [1.82, 2.24) is 10.2 Å². The molecule has 6 heteroatoms. The molecule has 1 aliphatic rings. The number of rotatable bonds is 8. The number of aryl methyl sites for hydroxylation is 1. The van der Waals surface area contributed by atoms with Gasteiger partial charge in [-0.2, -0.15) is 0 Å². The van der Waals surface area contributed by atoms with E-state index in [9.17, 15) is 4.79 Å². The number of ether oxygens (including phenoxy) is 1. The highest BCUT2D eigenvalue weighted by Gasteiger charge is 2.27. The summed E-state index contributed by atoms with van der Waals surface area (Å²) in [6, 6.07) is 8.07. The average molecular weight is 331 g/mol. The monoisotopic (exact) mass is 331 g/mol. The van der Waals surface area contributed by atoms with Gasteiger partial charge in [-0.05, 0) is 43.4 Å². The van der Waals surface area contributed by atoms with Gasteiger partial charge in [0, 0.05) is 12.3 Å². The van der Waals surface area contributed by atoms with E-state index in [1.807, 2.05) is 12.1 Å². The maximum atomic E-state index is 11.9. The van der Waals surface area contributed by atoms with Crippen LogP contribution in [0.2, 0.25) is 0 Å². The summed E-state index contributed by atoms with van der Waals surface area (Å²) in [5.74, 6) is 1.39. The highest BCUT2D eigenvalue weighted by atomic mass is 32.1. The van der Waals surface area contributed by atoms with Gasteiger partial charge in [-0.15, -0.1) is 10.2 Å². The first kappa shape index (κ1) is 15.9. The maximum Gasteiger partial charge on any atom is 0.226 e. The van der Waals surface area contributed by atoms with E-state index in [0.29, 0.717) is 30.5 Å². The largest absolute Gasteiger partial charge is 0.494 e. The Labute approximate surface area is 140 Å². The van der Waals surface area contributed by atoms with Gasteiger partial charge < -0.3 is 10.1 Å². The van der Waals surface area contributed by atoms with Gasteiger partial charge in [0.1, 0.15) is 10.8 Å². The molecular weight excluding hydrogens is 310 g/mol. The second-order valence-corrected chi connectivity index (χ2v) is 6.73. The Kier molecular flexibility index (Phi) is 5.23. The van der Waals surface area contributed by atoms with Crippen LogP contribution in [0.1, 0.15) is 49.1 Å². The van der Waals surface area contributed by atoms with E-state index >= 15 is 0 Å². The zero-order chi connectivity index (χ0) is 16.1. The summed E-state index contributed by atoms with van der Waals surface area (Å²) in [5, 5.41) is 12.6. The van der Waals surface area contributed by atoms with Crippen LogP contribution in [0.3, 0.4) is 0 Å². The number of amides is 1. The minimum atomic E-state index is -0.0339. The van der Waals surface area contributed by atoms with Crippen molar-refractivity contribution in [3.8, 4) is 5.75 Å². The number of carbonyl (C=O) groups excluding carboxylic acids is 1. The van der Waals surface area contributed by atoms with Gasteiger partial charge in [-0.25, -0.2) is 0 Å². The van der Waals surface area contributed by atoms with Crippen LogP contribution in [0, 0.1) is 0 Å². The molecule has 5 nitrogen and oxygen atoms in total. The van der Waals surface area contributed by atoms with Crippen LogP contribution < -0.4 is 10.1 Å². The summed E-state index contributed by atoms with van der Waals surface area (Å²) in [6.45, 7) is 2.66. The Balaban J connectivity index is 1.35. The number of benzene rings is 1. The first-order chi connectivity index (χ1) is 11.2. The summed E-state index contributed by atoms with van der Waals surface area (Å²) in [7, 11) is 0. The lowest BCUT2D eigenvalue weighted by atomic mass is 10.2. The van der Waals surface area contributed by atoms with Crippen LogP contribution in [0.25, 0.3) is 0 Å². The lowest BCUT2D eigenvalue weighted by Gasteiger charge is -2.06. The van der Waals surface area contributed by atoms with Gasteiger partial charge in [0.2, 0.25) is 11.0 Å². The van der Waals surface area contributed by atoms with E-state index < -0.39 is 0 Å². The number of anilines is 1. The summed E-state index contributed by atoms with van der Waals surface area (Å²) < 4.78 is 5.64. The molecule has 0 bridgehead atoms. The van der Waals surface area contributed by atoms with E-state index in [1.165, 1.54) is 29.7 Å². The quantitative estimate of drug-likeness (QED) is 0.748. The lowest BCUT2D eigenvalue weighted by Crippen LogP contribution is -2.12. The van der Waals surface area contributed by atoms with Crippen molar-refractivity contribution in [3.05, 3.63) is 34.8 Å². The van der Waals surface area contributed by atoms with Crippen LogP contribution >= 0.6 is 11.3 Å². The first-order valence-electron chi connectivity index (χ1n) is 8.09. The third-order valence-electron chi connectivity index (χ3n) is 3.76. The molecule has 1 aromatic heterocycles. The summed E-state index contributed by atoms with van der Waals surface area (Å²) in [6.07, 6.45) is 4.51. The van der Waals surface area contributed by atoms with E-state index in [4.69, 9.17) is 4.74 Å². The van der Waals surface area contributed by atoms with Crippen molar-refractivity contribution < 1.29 is 9.53 Å². The predicted molar refractivity (Wildman–Crippen MR) is 91.1 cm³/mol. The Morgan fingerprint density at radius 1 is 1.30 bits per heavy atom. The van der Waals surface area contributed by atoms with Gasteiger partial charge in [-0.1, -0.05) is 30.4 Å². The van der Waals surface area contributed by atoms with Crippen LogP contribution in [-0.2, 0) is 11.2 Å². The van der Waals surface area contributed by atoms with Crippen molar-refractivity contribution in [2.75, 3.05) is 11.9 Å². The van der Waals surface area contributed by atoms with Crippen LogP contribution in [0.4, 0.5) is 5.13 Å². The molecular formula is C17H21N3O2S. The molecule has 1 aliphatic carbocycles. The highest BCUT2D eigenvalue weighted by Crippen LogP contribution is 2.42. The normalized spacial score (nSPS) is 13.8. The number of hydrogen-bond donors (Lipinski definition) is 1. The van der Waals surface area contributed by atoms with Gasteiger partial charge in [0.05, 0.1) is 6.61 Å². The van der Waals surface area contributed by atoms with E-state index in [0.717, 1.165) is 17.2 Å². The van der Waals surface area contributed by atoms with Crippen molar-refractivity contribution in [1.29, 1.82) is 0 Å². The first-order valence-corrected chi connectivity index (χ1v) is 8.91. The molecule has 122 valence electrons. The fourth-order valence-electron chi connectivity index (χ4n) is 2.21. The highest BCUT2D eigenvalue weighted by molar-refractivity contribution is 7.15. The SMILES string of the molecule is CCc1ccc(OCCCC(=O)Nc2nnc(C3CC3)s2)cc1. The second-order valence-electron chi connectivity index (χ2n) is 5.72. The standard InChI is InChI=1S/C17H21N3O2S/c1-2-12-5-9-14(10-6-12)22-11-3-4-15(21)18-17-20-19-16(23-17)13-7-8-13/h5-6,9-10,13H,2-4,7-8,11H2,1H3,(H,18,20,21). The number of carbonyl (C=O) groups is 1. The smallest absolute Gasteiger partial charge is 0.226 e. The molecule has 1 fully saturated rings. The lowest BCUT2D eigenvalue weighted by molar-refractivity contribution is -0.116. The van der Waals surface area contributed by atoms with Crippen molar-refractivity contribution in [3.63, 3.8) is 0 Å². The number of hydrogen-bond acceptors (Lipinski definition) is 5. The molecule has 0 aliphatic heterocycles. The molecule has 0 spiro atoms. The van der Waals surface area contributed by atoms with Crippen LogP contribution in [0.15, 0.2) is 24.3 Å². The maximum absolute atomic E-state index is 11.9. The van der Waals surface area contributed by atoms with Gasteiger partial charge in [0.15, 0.2) is 0 Å². The Hall–Kier alpha value is -1.95. The molecule has 1 heterocycles. The Morgan fingerprint density at radius 3 is 2.78 bits per heavy atom. The van der Waals surface area contributed by atoms with Crippen molar-refractivity contribution in [2.24, 2.45) is 0 Å². The number of nitrogens with zero attached hydrogens (tertiary/aromatic N) is 2. The van der Waals surface area contributed by atoms with Gasteiger partial charge in [0.25, 0.3) is 0 Å². The summed E-state index contributed by atoms with van der Waals surface area (Å²) in [4.78, 5) is 11.9. The predicted octanol–water partition coefficient (Wildman–Crippen LogP) is 3.78. The summed E-state index contributed by atoms with van der Waals surface area (Å²) >= 11 is 1.49. The Morgan fingerprint density at radius 2 is 2.09 bits per heavy atom. The zero-order valence-electron chi connectivity index (χ0n) is 13.2. The molecule has 1 amide bonds. The molecule has 0 saturated heterocycles. The summed E-state index contributed by atoms with van der Waals surface area (Å²) in [5.41, 5.74) is 1.29. The molecule has 0 radical (unpaired) electrons. The van der Waals surface area contributed by atoms with Crippen LogP contribution in [0.5, 0.6) is 5.75 Å². The fourth-order valence-corrected chi connectivity index (χ4v) is 3.13. The van der Waals surface area contributed by atoms with E-state index in [1.54, 1.807) is 0 Å². The second kappa shape index (κ2) is 7.55. The number of nitrogens with one attached hydrogen (secondary N) is 1. The molecule has 1 N–H and O–H groups in total. The topological polar surface area (TPSA) is 64.1 Å². The minimum absolute atomic E-state index is 0.0339. The molecule has 23 heavy (non-hydrogen) atoms. The Bertz CT molecular complexity index is 650. The zero-order valence-corrected chi connectivity index (χ0v) is 14.1. The van der Waals surface area contributed by atoms with E-state index in [2.05, 4.69) is 34.6 Å². The van der Waals surface area contributed by atoms with Crippen molar-refractivity contribution >= 4 is 22.4 Å². The molecule has 2 aromatic rings. The third kappa shape index (κ3) is 4.76. The van der Waals surface area contributed by atoms with Gasteiger partial charge >= 0.3 is 0 Å². The molecule has 3 rings (SSSR count). The van der Waals surface area contributed by atoms with E-state index in [-0.39, 0.29) is 5.91 Å². The molecule has 1 saturated carbocycles.